The zero-order chi connectivity index (χ0) is 13.0. The van der Waals surface area contributed by atoms with Gasteiger partial charge in [0.05, 0.1) is 11.8 Å². The second-order valence-electron chi connectivity index (χ2n) is 4.00. The van der Waals surface area contributed by atoms with Gasteiger partial charge in [0.15, 0.2) is 0 Å². The van der Waals surface area contributed by atoms with Gasteiger partial charge >= 0.3 is 0 Å². The summed E-state index contributed by atoms with van der Waals surface area (Å²) in [6.45, 7) is 2.14. The largest absolute Gasteiger partial charge is 0.487 e. The van der Waals surface area contributed by atoms with Crippen molar-refractivity contribution < 1.29 is 9.84 Å². The summed E-state index contributed by atoms with van der Waals surface area (Å²) < 4.78 is 6.58. The minimum absolute atomic E-state index is 0.413. The van der Waals surface area contributed by atoms with Crippen LogP contribution in [0.15, 0.2) is 47.1 Å². The summed E-state index contributed by atoms with van der Waals surface area (Å²) in [4.78, 5) is 4.23. The zero-order valence-electron chi connectivity index (χ0n) is 10.0. The molecule has 0 saturated carbocycles. The normalized spacial score (nSPS) is 12.2. The van der Waals surface area contributed by atoms with Gasteiger partial charge in [0.1, 0.15) is 12.4 Å². The Kier molecular flexibility index (Phi) is 4.33. The summed E-state index contributed by atoms with van der Waals surface area (Å²) in [5, 5.41) is 9.49. The van der Waals surface area contributed by atoms with Crippen molar-refractivity contribution in [2.45, 2.75) is 19.6 Å². The fourth-order valence-corrected chi connectivity index (χ4v) is 1.75. The van der Waals surface area contributed by atoms with Crippen molar-refractivity contribution in [2.75, 3.05) is 0 Å². The molecule has 0 aliphatic rings. The van der Waals surface area contributed by atoms with Crippen LogP contribution in [-0.2, 0) is 6.61 Å². The average molecular weight is 308 g/mol. The van der Waals surface area contributed by atoms with E-state index in [-0.39, 0.29) is 0 Å². The van der Waals surface area contributed by atoms with Crippen LogP contribution in [0.3, 0.4) is 0 Å². The summed E-state index contributed by atoms with van der Waals surface area (Å²) in [5.41, 5.74) is 1.71. The van der Waals surface area contributed by atoms with Crippen molar-refractivity contribution >= 4 is 15.9 Å². The van der Waals surface area contributed by atoms with Gasteiger partial charge in [-0.25, -0.2) is 0 Å². The van der Waals surface area contributed by atoms with Gasteiger partial charge in [-0.05, 0) is 52.7 Å². The van der Waals surface area contributed by atoms with Crippen LogP contribution in [0, 0.1) is 0 Å². The number of rotatable bonds is 4. The van der Waals surface area contributed by atoms with Crippen molar-refractivity contribution in [3.8, 4) is 5.75 Å². The summed E-state index contributed by atoms with van der Waals surface area (Å²) in [6.07, 6.45) is 1.25. The van der Waals surface area contributed by atoms with Crippen molar-refractivity contribution in [2.24, 2.45) is 0 Å². The molecule has 0 radical (unpaired) electrons. The maximum atomic E-state index is 9.49. The minimum Gasteiger partial charge on any atom is -0.487 e. The van der Waals surface area contributed by atoms with E-state index in [4.69, 9.17) is 4.74 Å². The maximum absolute atomic E-state index is 9.49. The first-order valence-corrected chi connectivity index (χ1v) is 6.46. The zero-order valence-corrected chi connectivity index (χ0v) is 11.6. The molecule has 1 heterocycles. The molecule has 0 spiro atoms. The molecule has 1 N–H and O–H groups in total. The molecule has 3 nitrogen and oxygen atoms in total. The van der Waals surface area contributed by atoms with E-state index in [9.17, 15) is 5.11 Å². The van der Waals surface area contributed by atoms with Gasteiger partial charge in [-0.15, -0.1) is 0 Å². The van der Waals surface area contributed by atoms with E-state index in [0.717, 1.165) is 21.5 Å². The first kappa shape index (κ1) is 13.1. The van der Waals surface area contributed by atoms with Gasteiger partial charge in [-0.2, -0.15) is 0 Å². The van der Waals surface area contributed by atoms with Crippen LogP contribution >= 0.6 is 15.9 Å². The molecule has 1 atom stereocenters. The molecule has 4 heteroatoms. The highest BCUT2D eigenvalue weighted by molar-refractivity contribution is 9.10. The first-order chi connectivity index (χ1) is 8.65. The predicted molar refractivity (Wildman–Crippen MR) is 73.3 cm³/mol. The van der Waals surface area contributed by atoms with Crippen LogP contribution in [0.25, 0.3) is 0 Å². The number of nitrogens with zero attached hydrogens (tertiary/aromatic N) is 1. The van der Waals surface area contributed by atoms with E-state index in [0.29, 0.717) is 6.61 Å². The quantitative estimate of drug-likeness (QED) is 0.940. The Morgan fingerprint density at radius 1 is 1.33 bits per heavy atom. The molecule has 1 aromatic heterocycles. The molecule has 1 aromatic carbocycles. The molecule has 0 saturated heterocycles. The molecule has 1 unspecified atom stereocenters. The Morgan fingerprint density at radius 3 is 2.83 bits per heavy atom. The number of hydrogen-bond donors (Lipinski definition) is 1. The van der Waals surface area contributed by atoms with Gasteiger partial charge in [0, 0.05) is 10.7 Å². The lowest BCUT2D eigenvalue weighted by Gasteiger charge is -2.09. The molecule has 2 rings (SSSR count). The maximum Gasteiger partial charge on any atom is 0.130 e. The Balaban J connectivity index is 2.01. The third kappa shape index (κ3) is 3.55. The standard InChI is InChI=1S/C14H14BrNO2/c1-10(17)11-3-2-4-14(7-11)18-9-13-6-5-12(15)8-16-13/h2-8,10,17H,9H2,1H3. The second kappa shape index (κ2) is 5.98. The third-order valence-corrected chi connectivity index (χ3v) is 2.98. The molecule has 0 bridgehead atoms. The topological polar surface area (TPSA) is 42.4 Å². The molecular weight excluding hydrogens is 294 g/mol. The molecule has 2 aromatic rings. The summed E-state index contributed by atoms with van der Waals surface area (Å²) in [5.74, 6) is 0.734. The number of pyridine rings is 1. The first-order valence-electron chi connectivity index (χ1n) is 5.66. The van der Waals surface area contributed by atoms with Crippen molar-refractivity contribution in [1.82, 2.24) is 4.98 Å². The fourth-order valence-electron chi connectivity index (χ4n) is 1.51. The molecule has 0 aliphatic heterocycles. The predicted octanol–water partition coefficient (Wildman–Crippen LogP) is 3.48. The van der Waals surface area contributed by atoms with Crippen LogP contribution < -0.4 is 4.74 Å². The lowest BCUT2D eigenvalue weighted by Crippen LogP contribution is -1.99. The second-order valence-corrected chi connectivity index (χ2v) is 4.92. The number of halogens is 1. The smallest absolute Gasteiger partial charge is 0.130 e. The van der Waals surface area contributed by atoms with Crippen molar-refractivity contribution in [1.29, 1.82) is 0 Å². The Hall–Kier alpha value is -1.39. The van der Waals surface area contributed by atoms with Crippen LogP contribution in [0.2, 0.25) is 0 Å². The SMILES string of the molecule is CC(O)c1cccc(OCc2ccc(Br)cn2)c1. The molecule has 0 aliphatic carbocycles. The van der Waals surface area contributed by atoms with Gasteiger partial charge in [-0.3, -0.25) is 4.98 Å². The monoisotopic (exact) mass is 307 g/mol. The van der Waals surface area contributed by atoms with E-state index >= 15 is 0 Å². The van der Waals surface area contributed by atoms with E-state index in [1.165, 1.54) is 0 Å². The number of hydrogen-bond acceptors (Lipinski definition) is 3. The van der Waals surface area contributed by atoms with Gasteiger partial charge in [0.25, 0.3) is 0 Å². The van der Waals surface area contributed by atoms with Crippen LogP contribution in [-0.4, -0.2) is 10.1 Å². The molecular formula is C14H14BrNO2. The van der Waals surface area contributed by atoms with E-state index in [1.54, 1.807) is 13.1 Å². The number of aromatic nitrogens is 1. The van der Waals surface area contributed by atoms with Crippen molar-refractivity contribution in [3.05, 3.63) is 58.3 Å². The molecule has 18 heavy (non-hydrogen) atoms. The van der Waals surface area contributed by atoms with Crippen molar-refractivity contribution in [3.63, 3.8) is 0 Å². The van der Waals surface area contributed by atoms with Gasteiger partial charge in [-0.1, -0.05) is 12.1 Å². The lowest BCUT2D eigenvalue weighted by molar-refractivity contribution is 0.198. The molecule has 0 amide bonds. The van der Waals surface area contributed by atoms with Gasteiger partial charge < -0.3 is 9.84 Å². The Labute approximate surface area is 115 Å². The highest BCUT2D eigenvalue weighted by Crippen LogP contribution is 2.19. The highest BCUT2D eigenvalue weighted by atomic mass is 79.9. The molecule has 0 fully saturated rings. The average Bonchev–Trinajstić information content (AvgIpc) is 2.38. The van der Waals surface area contributed by atoms with Gasteiger partial charge in [0.2, 0.25) is 0 Å². The highest BCUT2D eigenvalue weighted by Gasteiger charge is 2.03. The van der Waals surface area contributed by atoms with E-state index in [2.05, 4.69) is 20.9 Å². The minimum atomic E-state index is -0.487. The van der Waals surface area contributed by atoms with Crippen LogP contribution in [0.5, 0.6) is 5.75 Å². The number of aliphatic hydroxyl groups is 1. The lowest BCUT2D eigenvalue weighted by atomic mass is 10.1. The molecule has 94 valence electrons. The Morgan fingerprint density at radius 2 is 2.17 bits per heavy atom. The third-order valence-electron chi connectivity index (χ3n) is 2.52. The Bertz CT molecular complexity index is 511. The van der Waals surface area contributed by atoms with E-state index in [1.807, 2.05) is 36.4 Å². The number of benzene rings is 1. The van der Waals surface area contributed by atoms with Crippen LogP contribution in [0.4, 0.5) is 0 Å². The van der Waals surface area contributed by atoms with E-state index < -0.39 is 6.10 Å². The van der Waals surface area contributed by atoms with Crippen LogP contribution in [0.1, 0.15) is 24.3 Å². The summed E-state index contributed by atoms with van der Waals surface area (Å²) >= 11 is 3.34. The summed E-state index contributed by atoms with van der Waals surface area (Å²) in [6, 6.07) is 11.3. The summed E-state index contributed by atoms with van der Waals surface area (Å²) in [7, 11) is 0. The number of ether oxygens (including phenoxy) is 1. The number of aliphatic hydroxyl groups excluding tert-OH is 1. The fraction of sp³-hybridized carbons (Fsp3) is 0.214.